The monoisotopic (exact) mass is 460 g/mol. The molecule has 4 aromatic rings. The molecule has 33 heavy (non-hydrogen) atoms. The lowest BCUT2D eigenvalue weighted by atomic mass is 10.1. The van der Waals surface area contributed by atoms with Crippen molar-refractivity contribution in [2.45, 2.75) is 13.1 Å². The highest BCUT2D eigenvalue weighted by Gasteiger charge is 2.22. The Morgan fingerprint density at radius 1 is 0.909 bits per heavy atom. The van der Waals surface area contributed by atoms with Gasteiger partial charge in [0, 0.05) is 66.0 Å². The highest BCUT2D eigenvalue weighted by molar-refractivity contribution is 7.15. The molecule has 0 bridgehead atoms. The predicted octanol–water partition coefficient (Wildman–Crippen LogP) is 4.76. The lowest BCUT2D eigenvalue weighted by Gasteiger charge is -2.34. The lowest BCUT2D eigenvalue weighted by molar-refractivity contribution is 0.0629. The number of benzene rings is 2. The van der Waals surface area contributed by atoms with Crippen molar-refractivity contribution in [2.75, 3.05) is 26.2 Å². The van der Waals surface area contributed by atoms with Crippen molar-refractivity contribution < 1.29 is 9.18 Å². The Kier molecular flexibility index (Phi) is 6.32. The van der Waals surface area contributed by atoms with E-state index < -0.39 is 0 Å². The molecule has 5 nitrogen and oxygen atoms in total. The average Bonchev–Trinajstić information content (AvgIpc) is 3.52. The molecule has 0 saturated carbocycles. The minimum absolute atomic E-state index is 0.0817. The first-order valence-electron chi connectivity index (χ1n) is 11.1. The second-order valence-corrected chi connectivity index (χ2v) is 9.38. The number of piperazine rings is 1. The number of nitrogens with zero attached hydrogens (tertiary/aromatic N) is 4. The number of carbonyl (C=O) groups excluding carboxylic acids is 1. The fourth-order valence-corrected chi connectivity index (χ4v) is 5.19. The molecule has 7 heteroatoms. The third-order valence-corrected chi connectivity index (χ3v) is 7.05. The molecular formula is C26H25FN4OS. The fraction of sp³-hybridized carbons (Fsp3) is 0.231. The number of hydrogen-bond donors (Lipinski definition) is 0. The number of rotatable bonds is 6. The molecule has 1 amide bonds. The van der Waals surface area contributed by atoms with Gasteiger partial charge in [0.15, 0.2) is 0 Å². The molecular weight excluding hydrogens is 435 g/mol. The van der Waals surface area contributed by atoms with Crippen molar-refractivity contribution in [3.05, 3.63) is 101 Å². The van der Waals surface area contributed by atoms with E-state index in [0.717, 1.165) is 35.6 Å². The quantitative estimate of drug-likeness (QED) is 0.417. The molecule has 1 saturated heterocycles. The van der Waals surface area contributed by atoms with Gasteiger partial charge < -0.3 is 4.90 Å². The van der Waals surface area contributed by atoms with Crippen LogP contribution in [0.2, 0.25) is 0 Å². The van der Waals surface area contributed by atoms with Gasteiger partial charge in [0.1, 0.15) is 5.82 Å². The Balaban J connectivity index is 1.14. The predicted molar refractivity (Wildman–Crippen MR) is 129 cm³/mol. The second kappa shape index (κ2) is 9.68. The molecule has 168 valence electrons. The summed E-state index contributed by atoms with van der Waals surface area (Å²) in [5, 5.41) is 4.22. The molecule has 3 heterocycles. The summed E-state index contributed by atoms with van der Waals surface area (Å²) in [5.74, 6) is -0.106. The summed E-state index contributed by atoms with van der Waals surface area (Å²) in [4.78, 5) is 19.4. The minimum atomic E-state index is -0.188. The molecule has 0 atom stereocenters. The molecule has 0 radical (unpaired) electrons. The molecule has 0 unspecified atom stereocenters. The zero-order chi connectivity index (χ0) is 22.6. The number of carbonyl (C=O) groups is 1. The Morgan fingerprint density at radius 2 is 1.70 bits per heavy atom. The van der Waals surface area contributed by atoms with Crippen LogP contribution in [0.15, 0.2) is 79.1 Å². The maximum absolute atomic E-state index is 14.1. The topological polar surface area (TPSA) is 41.4 Å². The summed E-state index contributed by atoms with van der Waals surface area (Å²) in [5.41, 5.74) is 2.49. The van der Waals surface area contributed by atoms with Gasteiger partial charge in [-0.3, -0.25) is 14.4 Å². The first kappa shape index (κ1) is 21.6. The highest BCUT2D eigenvalue weighted by Crippen LogP contribution is 2.30. The number of thiophene rings is 1. The molecule has 1 aliphatic rings. The van der Waals surface area contributed by atoms with Crippen molar-refractivity contribution in [3.63, 3.8) is 0 Å². The Labute approximate surface area is 196 Å². The van der Waals surface area contributed by atoms with Gasteiger partial charge in [0.05, 0.1) is 6.54 Å². The third-order valence-electron chi connectivity index (χ3n) is 5.94. The molecule has 2 aromatic heterocycles. The van der Waals surface area contributed by atoms with Gasteiger partial charge in [0.25, 0.3) is 5.91 Å². The first-order chi connectivity index (χ1) is 16.2. The van der Waals surface area contributed by atoms with Crippen molar-refractivity contribution in [2.24, 2.45) is 0 Å². The van der Waals surface area contributed by atoms with Crippen LogP contribution in [-0.2, 0) is 13.1 Å². The van der Waals surface area contributed by atoms with Gasteiger partial charge >= 0.3 is 0 Å². The summed E-state index contributed by atoms with van der Waals surface area (Å²) in [6.45, 7) is 4.59. The molecule has 2 aromatic carbocycles. The van der Waals surface area contributed by atoms with Crippen LogP contribution in [-0.4, -0.2) is 51.7 Å². The van der Waals surface area contributed by atoms with Crippen LogP contribution in [0.1, 0.15) is 20.8 Å². The van der Waals surface area contributed by atoms with E-state index in [1.54, 1.807) is 23.6 Å². The maximum atomic E-state index is 14.1. The largest absolute Gasteiger partial charge is 0.336 e. The molecule has 0 spiro atoms. The number of halogens is 1. The third kappa shape index (κ3) is 5.05. The van der Waals surface area contributed by atoms with Gasteiger partial charge in [-0.05, 0) is 42.0 Å². The van der Waals surface area contributed by atoms with E-state index in [4.69, 9.17) is 0 Å². The van der Waals surface area contributed by atoms with E-state index in [9.17, 15) is 9.18 Å². The number of aromatic nitrogens is 2. The van der Waals surface area contributed by atoms with E-state index in [0.29, 0.717) is 25.2 Å². The summed E-state index contributed by atoms with van der Waals surface area (Å²) in [7, 11) is 0. The summed E-state index contributed by atoms with van der Waals surface area (Å²) >= 11 is 1.63. The standard InChI is InChI=1S/C26H25FN4OS/c27-24-5-2-1-4-23(24)25-11-10-22(33-25)19-29-14-16-30(17-15-29)26(32)21-8-6-20(7-9-21)18-31-13-3-12-28-31/h1-13H,14-19H2. The van der Waals surface area contributed by atoms with Crippen molar-refractivity contribution in [3.8, 4) is 10.4 Å². The molecule has 1 aliphatic heterocycles. The summed E-state index contributed by atoms with van der Waals surface area (Å²) < 4.78 is 15.9. The van der Waals surface area contributed by atoms with E-state index in [2.05, 4.69) is 16.1 Å². The van der Waals surface area contributed by atoms with Crippen LogP contribution in [0.5, 0.6) is 0 Å². The van der Waals surface area contributed by atoms with Crippen LogP contribution in [0, 0.1) is 5.82 Å². The van der Waals surface area contributed by atoms with Crippen LogP contribution in [0.3, 0.4) is 0 Å². The Hall–Kier alpha value is -3.29. The minimum Gasteiger partial charge on any atom is -0.336 e. The smallest absolute Gasteiger partial charge is 0.253 e. The summed E-state index contributed by atoms with van der Waals surface area (Å²) in [6.07, 6.45) is 3.69. The van der Waals surface area contributed by atoms with E-state index >= 15 is 0 Å². The zero-order valence-corrected chi connectivity index (χ0v) is 19.0. The van der Waals surface area contributed by atoms with Gasteiger partial charge in [-0.2, -0.15) is 5.10 Å². The fourth-order valence-electron chi connectivity index (χ4n) is 4.11. The van der Waals surface area contributed by atoms with Gasteiger partial charge in [0.2, 0.25) is 0 Å². The van der Waals surface area contributed by atoms with Crippen molar-refractivity contribution in [1.29, 1.82) is 0 Å². The number of amides is 1. The van der Waals surface area contributed by atoms with E-state index in [1.165, 1.54) is 10.9 Å². The SMILES string of the molecule is O=C(c1ccc(Cn2cccn2)cc1)N1CCN(Cc2ccc(-c3ccccc3F)s2)CC1. The summed E-state index contributed by atoms with van der Waals surface area (Å²) in [6, 6.07) is 20.7. The Morgan fingerprint density at radius 3 is 2.42 bits per heavy atom. The number of hydrogen-bond acceptors (Lipinski definition) is 4. The highest BCUT2D eigenvalue weighted by atomic mass is 32.1. The molecule has 1 fully saturated rings. The van der Waals surface area contributed by atoms with E-state index in [1.807, 2.05) is 64.3 Å². The van der Waals surface area contributed by atoms with Crippen LogP contribution >= 0.6 is 11.3 Å². The van der Waals surface area contributed by atoms with Crippen LogP contribution in [0.25, 0.3) is 10.4 Å². The first-order valence-corrected chi connectivity index (χ1v) is 11.9. The van der Waals surface area contributed by atoms with Gasteiger partial charge in [-0.1, -0.05) is 30.3 Å². The molecule has 0 aliphatic carbocycles. The van der Waals surface area contributed by atoms with E-state index in [-0.39, 0.29) is 11.7 Å². The van der Waals surface area contributed by atoms with Crippen molar-refractivity contribution >= 4 is 17.2 Å². The maximum Gasteiger partial charge on any atom is 0.253 e. The van der Waals surface area contributed by atoms with Crippen molar-refractivity contribution in [1.82, 2.24) is 19.6 Å². The Bertz CT molecular complexity index is 1210. The average molecular weight is 461 g/mol. The zero-order valence-electron chi connectivity index (χ0n) is 18.2. The van der Waals surface area contributed by atoms with Gasteiger partial charge in [-0.25, -0.2) is 4.39 Å². The molecule has 0 N–H and O–H groups in total. The molecule has 5 rings (SSSR count). The van der Waals surface area contributed by atoms with Crippen LogP contribution < -0.4 is 0 Å². The van der Waals surface area contributed by atoms with Crippen LogP contribution in [0.4, 0.5) is 4.39 Å². The van der Waals surface area contributed by atoms with Gasteiger partial charge in [-0.15, -0.1) is 11.3 Å². The second-order valence-electron chi connectivity index (χ2n) is 8.21. The lowest BCUT2D eigenvalue weighted by Crippen LogP contribution is -2.48. The normalized spacial score (nSPS) is 14.5.